The first kappa shape index (κ1) is 17.9. The molecule has 5 heteroatoms. The van der Waals surface area contributed by atoms with E-state index < -0.39 is 0 Å². The van der Waals surface area contributed by atoms with E-state index in [9.17, 15) is 4.39 Å². The van der Waals surface area contributed by atoms with Gasteiger partial charge < -0.3 is 0 Å². The van der Waals surface area contributed by atoms with Crippen LogP contribution in [-0.2, 0) is 20.0 Å². The van der Waals surface area contributed by atoms with Crippen molar-refractivity contribution in [1.29, 1.82) is 0 Å². The molecular weight excluding hydrogens is 339 g/mol. The largest absolute Gasteiger partial charge is 0.290 e. The normalized spacial score (nSPS) is 17.5. The molecular formula is C22H25FN4. The molecule has 2 aromatic heterocycles. The molecule has 1 unspecified atom stereocenters. The lowest BCUT2D eigenvalue weighted by Gasteiger charge is -2.24. The minimum Gasteiger partial charge on any atom is -0.290 e. The molecule has 1 aromatic carbocycles. The van der Waals surface area contributed by atoms with Crippen molar-refractivity contribution in [1.82, 2.24) is 19.7 Å². The van der Waals surface area contributed by atoms with Gasteiger partial charge in [0, 0.05) is 31.0 Å². The Hall–Kier alpha value is -2.53. The van der Waals surface area contributed by atoms with E-state index in [1.807, 2.05) is 30.1 Å². The summed E-state index contributed by atoms with van der Waals surface area (Å²) >= 11 is 0. The van der Waals surface area contributed by atoms with E-state index in [2.05, 4.69) is 35.3 Å². The minimum atomic E-state index is -0.192. The van der Waals surface area contributed by atoms with Gasteiger partial charge >= 0.3 is 0 Å². The molecule has 0 amide bonds. The summed E-state index contributed by atoms with van der Waals surface area (Å²) in [4.78, 5) is 7.35. The molecule has 3 heterocycles. The predicted molar refractivity (Wildman–Crippen MR) is 104 cm³/mol. The molecule has 3 aromatic rings. The van der Waals surface area contributed by atoms with Crippen LogP contribution in [-0.4, -0.2) is 26.2 Å². The molecule has 0 radical (unpaired) electrons. The van der Waals surface area contributed by atoms with Crippen molar-refractivity contribution in [2.75, 3.05) is 6.54 Å². The van der Waals surface area contributed by atoms with Crippen LogP contribution in [0.3, 0.4) is 0 Å². The Kier molecular flexibility index (Phi) is 5.03. The van der Waals surface area contributed by atoms with Gasteiger partial charge in [-0.1, -0.05) is 12.1 Å². The predicted octanol–water partition coefficient (Wildman–Crippen LogP) is 4.19. The van der Waals surface area contributed by atoms with Gasteiger partial charge in [0.1, 0.15) is 5.82 Å². The molecule has 1 aliphatic rings. The fourth-order valence-corrected chi connectivity index (χ4v) is 4.02. The monoisotopic (exact) mass is 364 g/mol. The number of rotatable bonds is 5. The molecule has 0 aliphatic carbocycles. The quantitative estimate of drug-likeness (QED) is 0.681. The van der Waals surface area contributed by atoms with Gasteiger partial charge in [0.05, 0.1) is 17.9 Å². The standard InChI is InChI=1S/C22H25FN4/c1-16-10-18(11-17-5-7-20(23)8-6-17)12-21(25-16)22-4-3-9-27(22)15-19-13-24-26(2)14-19/h5-8,10,12-14,22H,3-4,9,11,15H2,1-2H3. The number of aromatic nitrogens is 3. The smallest absolute Gasteiger partial charge is 0.123 e. The highest BCUT2D eigenvalue weighted by molar-refractivity contribution is 5.30. The van der Waals surface area contributed by atoms with E-state index in [4.69, 9.17) is 4.98 Å². The molecule has 0 bridgehead atoms. The maximum atomic E-state index is 13.2. The second-order valence-electron chi connectivity index (χ2n) is 7.50. The lowest BCUT2D eigenvalue weighted by Crippen LogP contribution is -2.23. The van der Waals surface area contributed by atoms with E-state index in [0.29, 0.717) is 6.04 Å². The van der Waals surface area contributed by atoms with E-state index in [1.54, 1.807) is 0 Å². The number of pyridine rings is 1. The van der Waals surface area contributed by atoms with Gasteiger partial charge in [-0.25, -0.2) is 4.39 Å². The van der Waals surface area contributed by atoms with Gasteiger partial charge in [-0.05, 0) is 68.1 Å². The number of hydrogen-bond donors (Lipinski definition) is 0. The zero-order valence-electron chi connectivity index (χ0n) is 15.9. The van der Waals surface area contributed by atoms with Crippen LogP contribution in [0.4, 0.5) is 4.39 Å². The van der Waals surface area contributed by atoms with Crippen LogP contribution in [0.2, 0.25) is 0 Å². The fraction of sp³-hybridized carbons (Fsp3) is 0.364. The summed E-state index contributed by atoms with van der Waals surface area (Å²) in [6.07, 6.45) is 7.14. The first-order valence-electron chi connectivity index (χ1n) is 9.50. The zero-order valence-corrected chi connectivity index (χ0v) is 15.9. The molecule has 0 spiro atoms. The van der Waals surface area contributed by atoms with Crippen LogP contribution in [0.25, 0.3) is 0 Å². The first-order valence-corrected chi connectivity index (χ1v) is 9.50. The summed E-state index contributed by atoms with van der Waals surface area (Å²) in [5.74, 6) is -0.192. The van der Waals surface area contributed by atoms with E-state index >= 15 is 0 Å². The van der Waals surface area contributed by atoms with Gasteiger partial charge in [0.25, 0.3) is 0 Å². The van der Waals surface area contributed by atoms with Crippen LogP contribution >= 0.6 is 0 Å². The molecule has 140 valence electrons. The molecule has 4 rings (SSSR count). The summed E-state index contributed by atoms with van der Waals surface area (Å²) in [7, 11) is 1.95. The maximum absolute atomic E-state index is 13.2. The Bertz CT molecular complexity index is 916. The van der Waals surface area contributed by atoms with Gasteiger partial charge in [0.15, 0.2) is 0 Å². The first-order chi connectivity index (χ1) is 13.1. The van der Waals surface area contributed by atoms with Crippen molar-refractivity contribution in [2.45, 2.75) is 38.8 Å². The van der Waals surface area contributed by atoms with Gasteiger partial charge in [0.2, 0.25) is 0 Å². The molecule has 1 aliphatic heterocycles. The second kappa shape index (κ2) is 7.61. The van der Waals surface area contributed by atoms with Crippen LogP contribution in [0.5, 0.6) is 0 Å². The van der Waals surface area contributed by atoms with Crippen molar-refractivity contribution < 1.29 is 4.39 Å². The molecule has 1 fully saturated rings. The van der Waals surface area contributed by atoms with Crippen molar-refractivity contribution >= 4 is 0 Å². The minimum absolute atomic E-state index is 0.192. The van der Waals surface area contributed by atoms with E-state index in [0.717, 1.165) is 42.9 Å². The molecule has 27 heavy (non-hydrogen) atoms. The van der Waals surface area contributed by atoms with Crippen molar-refractivity contribution in [2.24, 2.45) is 7.05 Å². The van der Waals surface area contributed by atoms with Gasteiger partial charge in [-0.15, -0.1) is 0 Å². The number of halogens is 1. The van der Waals surface area contributed by atoms with Gasteiger partial charge in [-0.3, -0.25) is 14.6 Å². The van der Waals surface area contributed by atoms with Gasteiger partial charge in [-0.2, -0.15) is 5.10 Å². The third-order valence-corrected chi connectivity index (χ3v) is 5.20. The van der Waals surface area contributed by atoms with E-state index in [-0.39, 0.29) is 5.82 Å². The highest BCUT2D eigenvalue weighted by Gasteiger charge is 2.27. The summed E-state index contributed by atoms with van der Waals surface area (Å²) in [5, 5.41) is 4.29. The van der Waals surface area contributed by atoms with Crippen molar-refractivity contribution in [3.05, 3.63) is 82.7 Å². The Labute approximate surface area is 159 Å². The second-order valence-corrected chi connectivity index (χ2v) is 7.50. The van der Waals surface area contributed by atoms with Crippen LogP contribution in [0.15, 0.2) is 48.8 Å². The maximum Gasteiger partial charge on any atom is 0.123 e. The average Bonchev–Trinajstić information content (AvgIpc) is 3.26. The van der Waals surface area contributed by atoms with E-state index in [1.165, 1.54) is 29.7 Å². The lowest BCUT2D eigenvalue weighted by molar-refractivity contribution is 0.244. The molecule has 0 N–H and O–H groups in total. The summed E-state index contributed by atoms with van der Waals surface area (Å²) in [5.41, 5.74) is 5.78. The molecule has 0 saturated carbocycles. The molecule has 4 nitrogen and oxygen atoms in total. The Morgan fingerprint density at radius 3 is 2.67 bits per heavy atom. The average molecular weight is 364 g/mol. The lowest BCUT2D eigenvalue weighted by atomic mass is 10.0. The third-order valence-electron chi connectivity index (χ3n) is 5.20. The highest BCUT2D eigenvalue weighted by Crippen LogP contribution is 2.33. The number of aryl methyl sites for hydroxylation is 2. The number of benzene rings is 1. The zero-order chi connectivity index (χ0) is 18.8. The molecule has 1 saturated heterocycles. The number of nitrogens with zero attached hydrogens (tertiary/aromatic N) is 4. The third kappa shape index (κ3) is 4.25. The number of likely N-dealkylation sites (tertiary alicyclic amines) is 1. The Morgan fingerprint density at radius 1 is 1.11 bits per heavy atom. The Balaban J connectivity index is 1.55. The Morgan fingerprint density at radius 2 is 1.93 bits per heavy atom. The van der Waals surface area contributed by atoms with Crippen LogP contribution in [0, 0.1) is 12.7 Å². The van der Waals surface area contributed by atoms with Crippen LogP contribution < -0.4 is 0 Å². The SMILES string of the molecule is Cc1cc(Cc2ccc(F)cc2)cc(C2CCCN2Cc2cnn(C)c2)n1. The topological polar surface area (TPSA) is 34.0 Å². The highest BCUT2D eigenvalue weighted by atomic mass is 19.1. The summed E-state index contributed by atoms with van der Waals surface area (Å²) < 4.78 is 15.0. The van der Waals surface area contributed by atoms with Crippen molar-refractivity contribution in [3.63, 3.8) is 0 Å². The summed E-state index contributed by atoms with van der Waals surface area (Å²) in [6, 6.07) is 11.5. The van der Waals surface area contributed by atoms with Crippen LogP contribution in [0.1, 0.15) is 47.0 Å². The fourth-order valence-electron chi connectivity index (χ4n) is 4.02. The summed E-state index contributed by atoms with van der Waals surface area (Å²) in [6.45, 7) is 4.04. The number of hydrogen-bond acceptors (Lipinski definition) is 3. The van der Waals surface area contributed by atoms with Crippen molar-refractivity contribution in [3.8, 4) is 0 Å². The molecule has 1 atom stereocenters.